The summed E-state index contributed by atoms with van der Waals surface area (Å²) < 4.78 is 32.6. The molecule has 0 heterocycles. The van der Waals surface area contributed by atoms with Crippen LogP contribution in [0.2, 0.25) is 0 Å². The van der Waals surface area contributed by atoms with Gasteiger partial charge in [-0.05, 0) is 49.2 Å². The van der Waals surface area contributed by atoms with Gasteiger partial charge in [0, 0.05) is 5.69 Å². The van der Waals surface area contributed by atoms with Crippen molar-refractivity contribution in [2.45, 2.75) is 38.0 Å². The van der Waals surface area contributed by atoms with Crippen LogP contribution in [0.1, 0.15) is 31.7 Å². The number of anilines is 2. The van der Waals surface area contributed by atoms with Gasteiger partial charge in [0.1, 0.15) is 0 Å². The third-order valence-electron chi connectivity index (χ3n) is 3.78. The topological polar surface area (TPSA) is 84.5 Å². The van der Waals surface area contributed by atoms with Crippen LogP contribution in [0, 0.1) is 6.92 Å². The van der Waals surface area contributed by atoms with Crippen molar-refractivity contribution in [1.82, 2.24) is 0 Å². The zero-order valence-corrected chi connectivity index (χ0v) is 15.8. The minimum atomic E-state index is -3.70. The number of hydrogen-bond donors (Lipinski definition) is 2. The highest BCUT2D eigenvalue weighted by Gasteiger charge is 2.15. The van der Waals surface area contributed by atoms with E-state index in [4.69, 9.17) is 4.74 Å². The number of carbonyl (C=O) groups excluding carboxylic acids is 1. The first-order valence-electron chi connectivity index (χ1n) is 8.54. The van der Waals surface area contributed by atoms with E-state index >= 15 is 0 Å². The van der Waals surface area contributed by atoms with Crippen molar-refractivity contribution in [3.05, 3.63) is 54.1 Å². The molecule has 0 spiro atoms. The summed E-state index contributed by atoms with van der Waals surface area (Å²) in [7, 11) is -3.70. The number of unbranched alkanes of at least 4 members (excludes halogenated alkanes) is 2. The Bertz CT molecular complexity index is 833. The summed E-state index contributed by atoms with van der Waals surface area (Å²) in [6.07, 6.45) is 2.34. The van der Waals surface area contributed by atoms with Crippen molar-refractivity contribution in [1.29, 1.82) is 0 Å². The Labute approximate surface area is 154 Å². The predicted octanol–water partition coefficient (Wildman–Crippen LogP) is 4.53. The molecule has 0 aliphatic carbocycles. The van der Waals surface area contributed by atoms with E-state index in [1.165, 1.54) is 24.3 Å². The Balaban J connectivity index is 1.97. The maximum Gasteiger partial charge on any atom is 0.411 e. The van der Waals surface area contributed by atoms with Crippen molar-refractivity contribution in [3.8, 4) is 0 Å². The number of carbonyl (C=O) groups is 1. The van der Waals surface area contributed by atoms with E-state index in [1.807, 2.05) is 19.1 Å². The Morgan fingerprint density at radius 2 is 1.73 bits per heavy atom. The van der Waals surface area contributed by atoms with E-state index in [-0.39, 0.29) is 4.90 Å². The van der Waals surface area contributed by atoms with Crippen LogP contribution in [0.3, 0.4) is 0 Å². The second kappa shape index (κ2) is 9.24. The monoisotopic (exact) mass is 376 g/mol. The smallest absolute Gasteiger partial charge is 0.411 e. The van der Waals surface area contributed by atoms with E-state index in [0.29, 0.717) is 18.0 Å². The van der Waals surface area contributed by atoms with Gasteiger partial charge in [-0.1, -0.05) is 38.0 Å². The highest BCUT2D eigenvalue weighted by molar-refractivity contribution is 7.92. The van der Waals surface area contributed by atoms with Crippen LogP contribution in [0.15, 0.2) is 53.4 Å². The number of hydrogen-bond acceptors (Lipinski definition) is 4. The van der Waals surface area contributed by atoms with Gasteiger partial charge < -0.3 is 4.74 Å². The first-order valence-corrected chi connectivity index (χ1v) is 10.0. The summed E-state index contributed by atoms with van der Waals surface area (Å²) in [5, 5.41) is 2.58. The molecular weight excluding hydrogens is 352 g/mol. The van der Waals surface area contributed by atoms with Gasteiger partial charge in [0.15, 0.2) is 0 Å². The summed E-state index contributed by atoms with van der Waals surface area (Å²) in [4.78, 5) is 11.8. The molecule has 2 rings (SSSR count). The molecule has 0 atom stereocenters. The van der Waals surface area contributed by atoms with E-state index in [9.17, 15) is 13.2 Å². The van der Waals surface area contributed by atoms with Crippen LogP contribution in [0.4, 0.5) is 16.2 Å². The molecule has 0 aromatic heterocycles. The molecule has 0 saturated heterocycles. The van der Waals surface area contributed by atoms with E-state index in [1.54, 1.807) is 12.1 Å². The Morgan fingerprint density at radius 3 is 2.38 bits per heavy atom. The average Bonchev–Trinajstić information content (AvgIpc) is 2.61. The van der Waals surface area contributed by atoms with Crippen molar-refractivity contribution in [2.24, 2.45) is 0 Å². The van der Waals surface area contributed by atoms with Crippen LogP contribution in [0.25, 0.3) is 0 Å². The van der Waals surface area contributed by atoms with Gasteiger partial charge in [-0.3, -0.25) is 10.0 Å². The highest BCUT2D eigenvalue weighted by Crippen LogP contribution is 2.20. The van der Waals surface area contributed by atoms with Gasteiger partial charge in [0.2, 0.25) is 0 Å². The van der Waals surface area contributed by atoms with E-state index < -0.39 is 16.1 Å². The molecule has 2 aromatic rings. The van der Waals surface area contributed by atoms with Gasteiger partial charge in [-0.2, -0.15) is 0 Å². The molecule has 7 heteroatoms. The fraction of sp³-hybridized carbons (Fsp3) is 0.316. The third kappa shape index (κ3) is 5.77. The molecular formula is C19H24N2O4S. The number of aryl methyl sites for hydroxylation is 1. The van der Waals surface area contributed by atoms with Crippen LogP contribution >= 0.6 is 0 Å². The predicted molar refractivity (Wildman–Crippen MR) is 103 cm³/mol. The van der Waals surface area contributed by atoms with Gasteiger partial charge >= 0.3 is 6.09 Å². The van der Waals surface area contributed by atoms with Crippen LogP contribution in [-0.4, -0.2) is 21.1 Å². The summed E-state index contributed by atoms with van der Waals surface area (Å²) in [6.45, 7) is 4.27. The fourth-order valence-corrected chi connectivity index (χ4v) is 3.41. The quantitative estimate of drug-likeness (QED) is 0.663. The standard InChI is InChI=1S/C19H24N2O4S/c1-3-4-7-14-25-19(22)20-16-10-12-17(13-11-16)26(23,24)21-18-9-6-5-8-15(18)2/h5-6,8-13,21H,3-4,7,14H2,1-2H3,(H,20,22). The molecule has 2 N–H and O–H groups in total. The first-order chi connectivity index (χ1) is 12.4. The lowest BCUT2D eigenvalue weighted by Crippen LogP contribution is -2.15. The van der Waals surface area contributed by atoms with Gasteiger partial charge in [-0.25, -0.2) is 13.2 Å². The number of benzene rings is 2. The average molecular weight is 376 g/mol. The maximum atomic E-state index is 12.5. The zero-order valence-electron chi connectivity index (χ0n) is 15.0. The Morgan fingerprint density at radius 1 is 1.04 bits per heavy atom. The molecule has 6 nitrogen and oxygen atoms in total. The minimum Gasteiger partial charge on any atom is -0.449 e. The Kier molecular flexibility index (Phi) is 7.03. The normalized spacial score (nSPS) is 11.0. The number of rotatable bonds is 8. The number of amides is 1. The van der Waals surface area contributed by atoms with Crippen molar-refractivity contribution >= 4 is 27.5 Å². The summed E-state index contributed by atoms with van der Waals surface area (Å²) in [5.41, 5.74) is 1.84. The fourth-order valence-electron chi connectivity index (χ4n) is 2.28. The molecule has 0 unspecified atom stereocenters. The van der Waals surface area contributed by atoms with Crippen molar-refractivity contribution in [3.63, 3.8) is 0 Å². The van der Waals surface area contributed by atoms with Crippen molar-refractivity contribution in [2.75, 3.05) is 16.6 Å². The molecule has 140 valence electrons. The number of sulfonamides is 1. The molecule has 0 aliphatic rings. The Hall–Kier alpha value is -2.54. The molecule has 1 amide bonds. The second-order valence-corrected chi connectivity index (χ2v) is 7.60. The summed E-state index contributed by atoms with van der Waals surface area (Å²) in [6, 6.07) is 13.1. The molecule has 0 bridgehead atoms. The number of nitrogens with one attached hydrogen (secondary N) is 2. The largest absolute Gasteiger partial charge is 0.449 e. The molecule has 0 radical (unpaired) electrons. The van der Waals surface area contributed by atoms with Gasteiger partial charge in [0.05, 0.1) is 17.2 Å². The highest BCUT2D eigenvalue weighted by atomic mass is 32.2. The molecule has 0 saturated carbocycles. The lowest BCUT2D eigenvalue weighted by molar-refractivity contribution is 0.159. The minimum absolute atomic E-state index is 0.114. The van der Waals surface area contributed by atoms with Crippen LogP contribution in [0.5, 0.6) is 0 Å². The summed E-state index contributed by atoms with van der Waals surface area (Å²) in [5.74, 6) is 0. The van der Waals surface area contributed by atoms with Gasteiger partial charge in [-0.15, -0.1) is 0 Å². The van der Waals surface area contributed by atoms with Crippen molar-refractivity contribution < 1.29 is 17.9 Å². The van der Waals surface area contributed by atoms with E-state index in [0.717, 1.165) is 24.8 Å². The van der Waals surface area contributed by atoms with Crippen LogP contribution in [-0.2, 0) is 14.8 Å². The SMILES string of the molecule is CCCCCOC(=O)Nc1ccc(S(=O)(=O)Nc2ccccc2C)cc1. The van der Waals surface area contributed by atoms with Gasteiger partial charge in [0.25, 0.3) is 10.0 Å². The summed E-state index contributed by atoms with van der Waals surface area (Å²) >= 11 is 0. The lowest BCUT2D eigenvalue weighted by Gasteiger charge is -2.11. The number of para-hydroxylation sites is 1. The number of ether oxygens (including phenoxy) is 1. The van der Waals surface area contributed by atoms with Crippen LogP contribution < -0.4 is 10.0 Å². The maximum absolute atomic E-state index is 12.5. The second-order valence-electron chi connectivity index (χ2n) is 5.91. The molecule has 0 aliphatic heterocycles. The van der Waals surface area contributed by atoms with E-state index in [2.05, 4.69) is 17.0 Å². The molecule has 2 aromatic carbocycles. The zero-order chi connectivity index (χ0) is 19.0. The molecule has 26 heavy (non-hydrogen) atoms. The lowest BCUT2D eigenvalue weighted by atomic mass is 10.2. The molecule has 0 fully saturated rings. The third-order valence-corrected chi connectivity index (χ3v) is 5.16. The first kappa shape index (κ1) is 19.8.